The summed E-state index contributed by atoms with van der Waals surface area (Å²) in [6, 6.07) is 9.69. The Labute approximate surface area is 176 Å². The molecule has 3 aromatic rings. The van der Waals surface area contributed by atoms with Gasteiger partial charge in [-0.2, -0.15) is 9.40 Å². The van der Waals surface area contributed by atoms with Crippen LogP contribution < -0.4 is 5.32 Å². The summed E-state index contributed by atoms with van der Waals surface area (Å²) in [6.45, 7) is 4.66. The van der Waals surface area contributed by atoms with Gasteiger partial charge in [-0.1, -0.05) is 19.9 Å². The molecule has 3 rings (SSSR count). The Morgan fingerprint density at radius 1 is 1.13 bits per heavy atom. The summed E-state index contributed by atoms with van der Waals surface area (Å²) in [4.78, 5) is 17.2. The average Bonchev–Trinajstić information content (AvgIpc) is 3.19. The molecule has 0 saturated carbocycles. The minimum atomic E-state index is -3.55. The van der Waals surface area contributed by atoms with Crippen molar-refractivity contribution in [3.8, 4) is 11.3 Å². The molecule has 0 aliphatic carbocycles. The third kappa shape index (κ3) is 4.58. The zero-order valence-electron chi connectivity index (χ0n) is 17.2. The number of amides is 1. The van der Waals surface area contributed by atoms with E-state index in [0.717, 1.165) is 16.8 Å². The first-order valence-electron chi connectivity index (χ1n) is 9.68. The van der Waals surface area contributed by atoms with Crippen LogP contribution in [0.2, 0.25) is 0 Å². The van der Waals surface area contributed by atoms with Crippen LogP contribution >= 0.6 is 0 Å². The van der Waals surface area contributed by atoms with Crippen LogP contribution in [0.15, 0.2) is 59.9 Å². The predicted octanol–water partition coefficient (Wildman–Crippen LogP) is 2.44. The molecule has 0 fully saturated rings. The molecule has 2 heterocycles. The van der Waals surface area contributed by atoms with E-state index >= 15 is 0 Å². The van der Waals surface area contributed by atoms with Crippen LogP contribution in [-0.4, -0.2) is 46.5 Å². The number of carbonyl (C=O) groups is 1. The molecule has 1 amide bonds. The lowest BCUT2D eigenvalue weighted by atomic mass is 10.1. The molecule has 0 unspecified atom stereocenters. The van der Waals surface area contributed by atoms with Gasteiger partial charge in [0.2, 0.25) is 10.0 Å². The molecule has 2 aromatic heterocycles. The van der Waals surface area contributed by atoms with Crippen LogP contribution in [0.4, 0.5) is 0 Å². The number of benzene rings is 1. The van der Waals surface area contributed by atoms with Crippen LogP contribution in [0, 0.1) is 0 Å². The van der Waals surface area contributed by atoms with Crippen molar-refractivity contribution < 1.29 is 13.2 Å². The highest BCUT2D eigenvalue weighted by Crippen LogP contribution is 2.20. The third-order valence-electron chi connectivity index (χ3n) is 4.77. The van der Waals surface area contributed by atoms with E-state index in [4.69, 9.17) is 0 Å². The largest absolute Gasteiger partial charge is 0.348 e. The molecule has 8 nitrogen and oxygen atoms in total. The van der Waals surface area contributed by atoms with Crippen molar-refractivity contribution >= 4 is 15.9 Å². The number of nitrogens with zero attached hydrogens (tertiary/aromatic N) is 4. The molecule has 0 spiro atoms. The predicted molar refractivity (Wildman–Crippen MR) is 114 cm³/mol. The summed E-state index contributed by atoms with van der Waals surface area (Å²) in [5, 5.41) is 7.04. The van der Waals surface area contributed by atoms with Crippen LogP contribution in [0.3, 0.4) is 0 Å². The number of carbonyl (C=O) groups excluding carboxylic acids is 1. The van der Waals surface area contributed by atoms with Crippen LogP contribution in [-0.2, 0) is 23.6 Å². The number of rotatable bonds is 8. The van der Waals surface area contributed by atoms with Crippen molar-refractivity contribution in [1.82, 2.24) is 24.4 Å². The minimum absolute atomic E-state index is 0.175. The molecule has 1 N–H and O–H groups in total. The van der Waals surface area contributed by atoms with Crippen molar-refractivity contribution in [2.24, 2.45) is 7.05 Å². The fourth-order valence-corrected chi connectivity index (χ4v) is 4.61. The van der Waals surface area contributed by atoms with E-state index in [9.17, 15) is 13.2 Å². The first kappa shape index (κ1) is 21.7. The van der Waals surface area contributed by atoms with Gasteiger partial charge in [0.1, 0.15) is 0 Å². The normalized spacial score (nSPS) is 11.6. The number of pyridine rings is 1. The van der Waals surface area contributed by atoms with Gasteiger partial charge >= 0.3 is 0 Å². The van der Waals surface area contributed by atoms with Crippen molar-refractivity contribution in [2.45, 2.75) is 25.3 Å². The molecule has 9 heteroatoms. The molecule has 0 radical (unpaired) electrons. The standard InChI is InChI=1S/C21H25N5O3S/c1-4-26(5-2)30(28,29)19-10-8-16(9-11-19)21(27)23-13-17-7-6-12-22-20(17)18-14-24-25(3)15-18/h6-12,14-15H,4-5,13H2,1-3H3,(H,23,27). The zero-order chi connectivity index (χ0) is 21.7. The van der Waals surface area contributed by atoms with Crippen molar-refractivity contribution in [3.63, 3.8) is 0 Å². The molecule has 0 aliphatic rings. The van der Waals surface area contributed by atoms with Gasteiger partial charge in [0.25, 0.3) is 5.91 Å². The Kier molecular flexibility index (Phi) is 6.63. The molecular formula is C21H25N5O3S. The van der Waals surface area contributed by atoms with Crippen molar-refractivity contribution in [3.05, 3.63) is 66.1 Å². The van der Waals surface area contributed by atoms with Gasteiger partial charge < -0.3 is 5.32 Å². The SMILES string of the molecule is CCN(CC)S(=O)(=O)c1ccc(C(=O)NCc2cccnc2-c2cnn(C)c2)cc1. The Hall–Kier alpha value is -3.04. The van der Waals surface area contributed by atoms with E-state index in [0.29, 0.717) is 18.7 Å². The second-order valence-electron chi connectivity index (χ2n) is 6.71. The highest BCUT2D eigenvalue weighted by atomic mass is 32.2. The summed E-state index contributed by atoms with van der Waals surface area (Å²) in [7, 11) is -1.72. The number of sulfonamides is 1. The monoisotopic (exact) mass is 427 g/mol. The maximum absolute atomic E-state index is 12.6. The highest BCUT2D eigenvalue weighted by Gasteiger charge is 2.21. The first-order valence-corrected chi connectivity index (χ1v) is 11.1. The van der Waals surface area contributed by atoms with Crippen molar-refractivity contribution in [1.29, 1.82) is 0 Å². The Bertz CT molecular complexity index is 1120. The second-order valence-corrected chi connectivity index (χ2v) is 8.65. The minimum Gasteiger partial charge on any atom is -0.348 e. The van der Waals surface area contributed by atoms with E-state index in [1.165, 1.54) is 28.6 Å². The quantitative estimate of drug-likeness (QED) is 0.596. The fraction of sp³-hybridized carbons (Fsp3) is 0.286. The molecule has 30 heavy (non-hydrogen) atoms. The zero-order valence-corrected chi connectivity index (χ0v) is 18.1. The fourth-order valence-electron chi connectivity index (χ4n) is 3.15. The lowest BCUT2D eigenvalue weighted by Crippen LogP contribution is -2.30. The van der Waals surface area contributed by atoms with Gasteiger partial charge in [-0.15, -0.1) is 0 Å². The lowest BCUT2D eigenvalue weighted by Gasteiger charge is -2.18. The van der Waals surface area contributed by atoms with E-state index < -0.39 is 10.0 Å². The molecular weight excluding hydrogens is 402 g/mol. The summed E-state index contributed by atoms with van der Waals surface area (Å²) >= 11 is 0. The van der Waals surface area contributed by atoms with E-state index in [1.54, 1.807) is 30.9 Å². The smallest absolute Gasteiger partial charge is 0.251 e. The second kappa shape index (κ2) is 9.19. The van der Waals surface area contributed by atoms with Crippen LogP contribution in [0.1, 0.15) is 29.8 Å². The summed E-state index contributed by atoms with van der Waals surface area (Å²) < 4.78 is 28.2. The maximum atomic E-state index is 12.6. The number of aryl methyl sites for hydroxylation is 1. The summed E-state index contributed by atoms with van der Waals surface area (Å²) in [6.07, 6.45) is 5.29. The van der Waals surface area contributed by atoms with Gasteiger partial charge in [0.05, 0.1) is 16.8 Å². The lowest BCUT2D eigenvalue weighted by molar-refractivity contribution is 0.0951. The van der Waals surface area contributed by atoms with Gasteiger partial charge in [-0.3, -0.25) is 14.5 Å². The number of hydrogen-bond donors (Lipinski definition) is 1. The Morgan fingerprint density at radius 2 is 1.83 bits per heavy atom. The molecule has 158 valence electrons. The Morgan fingerprint density at radius 3 is 2.43 bits per heavy atom. The van der Waals surface area contributed by atoms with Crippen molar-refractivity contribution in [2.75, 3.05) is 13.1 Å². The van der Waals surface area contributed by atoms with Gasteiger partial charge in [0, 0.05) is 50.2 Å². The van der Waals surface area contributed by atoms with Gasteiger partial charge in [-0.05, 0) is 35.9 Å². The van der Waals surface area contributed by atoms with Gasteiger partial charge in [0.15, 0.2) is 0 Å². The molecule has 0 aliphatic heterocycles. The molecule has 1 aromatic carbocycles. The number of hydrogen-bond acceptors (Lipinski definition) is 5. The number of nitrogens with one attached hydrogen (secondary N) is 1. The maximum Gasteiger partial charge on any atom is 0.251 e. The van der Waals surface area contributed by atoms with E-state index in [-0.39, 0.29) is 17.3 Å². The topological polar surface area (TPSA) is 97.2 Å². The molecule has 0 bridgehead atoms. The highest BCUT2D eigenvalue weighted by molar-refractivity contribution is 7.89. The van der Waals surface area contributed by atoms with E-state index in [1.807, 2.05) is 25.4 Å². The molecule has 0 atom stereocenters. The number of aromatic nitrogens is 3. The Balaban J connectivity index is 1.72. The first-order chi connectivity index (χ1) is 14.4. The van der Waals surface area contributed by atoms with E-state index in [2.05, 4.69) is 15.4 Å². The summed E-state index contributed by atoms with van der Waals surface area (Å²) in [5.41, 5.74) is 2.87. The molecule has 0 saturated heterocycles. The third-order valence-corrected chi connectivity index (χ3v) is 6.83. The van der Waals surface area contributed by atoms with Gasteiger partial charge in [-0.25, -0.2) is 8.42 Å². The average molecular weight is 428 g/mol. The van der Waals surface area contributed by atoms with Crippen LogP contribution in [0.25, 0.3) is 11.3 Å². The summed E-state index contributed by atoms with van der Waals surface area (Å²) in [5.74, 6) is -0.289. The van der Waals surface area contributed by atoms with Crippen LogP contribution in [0.5, 0.6) is 0 Å².